The van der Waals surface area contributed by atoms with E-state index >= 15 is 0 Å². The van der Waals surface area contributed by atoms with Crippen LogP contribution in [0.15, 0.2) is 16.5 Å². The lowest BCUT2D eigenvalue weighted by molar-refractivity contribution is 0.0870. The molecule has 3 rings (SSSR count). The van der Waals surface area contributed by atoms with Crippen molar-refractivity contribution in [1.29, 1.82) is 0 Å². The average molecular weight is 320 g/mol. The minimum absolute atomic E-state index is 0.0951. The van der Waals surface area contributed by atoms with Crippen molar-refractivity contribution in [1.82, 2.24) is 20.1 Å². The largest absolute Gasteiger partial charge is 0.453 e. The molecule has 0 aliphatic heterocycles. The van der Waals surface area contributed by atoms with Gasteiger partial charge in [0, 0.05) is 26.1 Å². The summed E-state index contributed by atoms with van der Waals surface area (Å²) in [6.07, 6.45) is 1.60. The number of nitrogens with one attached hydrogen (secondary N) is 1. The van der Waals surface area contributed by atoms with Gasteiger partial charge in [-0.15, -0.1) is 10.2 Å². The summed E-state index contributed by atoms with van der Waals surface area (Å²) in [5.41, 5.74) is 0. The number of aromatic nitrogens is 3. The molecule has 1 amide bonds. The molecule has 0 atom stereocenters. The Balaban J connectivity index is 1.53. The molecule has 0 aromatic carbocycles. The van der Waals surface area contributed by atoms with Crippen molar-refractivity contribution in [3.05, 3.63) is 35.3 Å². The van der Waals surface area contributed by atoms with E-state index in [4.69, 9.17) is 14.3 Å². The number of nitrogens with zero attached hydrogens (tertiary/aromatic N) is 3. The van der Waals surface area contributed by atoms with Gasteiger partial charge >= 0.3 is 0 Å². The van der Waals surface area contributed by atoms with Crippen LogP contribution in [0.25, 0.3) is 0 Å². The Kier molecular flexibility index (Phi) is 4.44. The van der Waals surface area contributed by atoms with Crippen LogP contribution in [-0.4, -0.2) is 38.9 Å². The minimum atomic E-state index is -0.218. The van der Waals surface area contributed by atoms with Crippen molar-refractivity contribution >= 4 is 5.91 Å². The summed E-state index contributed by atoms with van der Waals surface area (Å²) in [7, 11) is 3.42. The number of aliphatic hydroxyl groups excluding tert-OH is 1. The van der Waals surface area contributed by atoms with Crippen LogP contribution in [0.2, 0.25) is 0 Å². The molecular formula is C15H20N4O4. The van der Waals surface area contributed by atoms with E-state index in [1.807, 2.05) is 11.6 Å². The molecule has 2 heterocycles. The molecular weight excluding hydrogens is 300 g/mol. The van der Waals surface area contributed by atoms with E-state index in [2.05, 4.69) is 15.5 Å². The van der Waals surface area contributed by atoms with E-state index in [0.717, 1.165) is 18.7 Å². The Morgan fingerprint density at radius 1 is 1.48 bits per heavy atom. The first-order valence-electron chi connectivity index (χ1n) is 7.50. The SMILES string of the molecule is COCc1ccc(C(=O)NC2CC(c3nnc(CO)n3C)C2)o1. The highest BCUT2D eigenvalue weighted by atomic mass is 16.5. The zero-order valence-corrected chi connectivity index (χ0v) is 13.2. The van der Waals surface area contributed by atoms with Crippen LogP contribution in [0.3, 0.4) is 0 Å². The maximum absolute atomic E-state index is 12.1. The van der Waals surface area contributed by atoms with Crippen molar-refractivity contribution < 1.29 is 19.1 Å². The van der Waals surface area contributed by atoms with E-state index in [1.165, 1.54) is 0 Å². The van der Waals surface area contributed by atoms with E-state index in [9.17, 15) is 4.79 Å². The third kappa shape index (κ3) is 3.13. The lowest BCUT2D eigenvalue weighted by Gasteiger charge is -2.34. The summed E-state index contributed by atoms with van der Waals surface area (Å²) < 4.78 is 12.2. The van der Waals surface area contributed by atoms with Crippen LogP contribution in [0, 0.1) is 0 Å². The fraction of sp³-hybridized carbons (Fsp3) is 0.533. The first-order valence-corrected chi connectivity index (χ1v) is 7.50. The van der Waals surface area contributed by atoms with E-state index in [1.54, 1.807) is 19.2 Å². The molecule has 8 nitrogen and oxygen atoms in total. The van der Waals surface area contributed by atoms with Gasteiger partial charge in [0.05, 0.1) is 0 Å². The van der Waals surface area contributed by atoms with Gasteiger partial charge in [-0.1, -0.05) is 0 Å². The number of carbonyl (C=O) groups excluding carboxylic acids is 1. The third-order valence-electron chi connectivity index (χ3n) is 4.15. The van der Waals surface area contributed by atoms with Crippen molar-refractivity contribution in [2.45, 2.75) is 38.0 Å². The highest BCUT2D eigenvalue weighted by Crippen LogP contribution is 2.36. The zero-order chi connectivity index (χ0) is 16.4. The molecule has 0 radical (unpaired) electrons. The van der Waals surface area contributed by atoms with Crippen molar-refractivity contribution in [2.75, 3.05) is 7.11 Å². The summed E-state index contributed by atoms with van der Waals surface area (Å²) in [5.74, 6) is 2.35. The highest BCUT2D eigenvalue weighted by molar-refractivity contribution is 5.91. The van der Waals surface area contributed by atoms with Crippen molar-refractivity contribution in [3.63, 3.8) is 0 Å². The smallest absolute Gasteiger partial charge is 0.287 e. The van der Waals surface area contributed by atoms with Gasteiger partial charge in [-0.05, 0) is 25.0 Å². The molecule has 8 heteroatoms. The number of carbonyl (C=O) groups is 1. The van der Waals surface area contributed by atoms with Gasteiger partial charge in [0.15, 0.2) is 11.6 Å². The summed E-state index contributed by atoms with van der Waals surface area (Å²) in [6, 6.07) is 3.48. The molecule has 0 unspecified atom stereocenters. The van der Waals surface area contributed by atoms with E-state index < -0.39 is 0 Å². The van der Waals surface area contributed by atoms with Gasteiger partial charge in [0.2, 0.25) is 0 Å². The van der Waals surface area contributed by atoms with Gasteiger partial charge in [0.1, 0.15) is 24.8 Å². The second kappa shape index (κ2) is 6.51. The molecule has 2 aromatic heterocycles. The monoisotopic (exact) mass is 320 g/mol. The number of hydrogen-bond acceptors (Lipinski definition) is 6. The lowest BCUT2D eigenvalue weighted by Crippen LogP contribution is -2.43. The average Bonchev–Trinajstić information content (AvgIpc) is 3.10. The van der Waals surface area contributed by atoms with Gasteiger partial charge in [-0.2, -0.15) is 0 Å². The lowest BCUT2D eigenvalue weighted by atomic mass is 9.79. The fourth-order valence-corrected chi connectivity index (χ4v) is 2.79. The topological polar surface area (TPSA) is 102 Å². The normalized spacial score (nSPS) is 20.3. The minimum Gasteiger partial charge on any atom is -0.453 e. The van der Waals surface area contributed by atoms with Gasteiger partial charge in [0.25, 0.3) is 5.91 Å². The molecule has 0 bridgehead atoms. The first-order chi connectivity index (χ1) is 11.1. The molecule has 1 aliphatic rings. The summed E-state index contributed by atoms with van der Waals surface area (Å²) >= 11 is 0. The maximum atomic E-state index is 12.1. The quantitative estimate of drug-likeness (QED) is 0.813. The second-order valence-corrected chi connectivity index (χ2v) is 5.73. The number of methoxy groups -OCH3 is 1. The summed E-state index contributed by atoms with van der Waals surface area (Å²) in [4.78, 5) is 12.1. The third-order valence-corrected chi connectivity index (χ3v) is 4.15. The van der Waals surface area contributed by atoms with Crippen LogP contribution in [0.4, 0.5) is 0 Å². The van der Waals surface area contributed by atoms with Crippen LogP contribution in [0.5, 0.6) is 0 Å². The molecule has 1 fully saturated rings. The van der Waals surface area contributed by atoms with Gasteiger partial charge in [-0.3, -0.25) is 4.79 Å². The molecule has 0 saturated heterocycles. The van der Waals surface area contributed by atoms with Gasteiger partial charge < -0.3 is 24.1 Å². The Bertz CT molecular complexity index is 687. The predicted molar refractivity (Wildman–Crippen MR) is 79.6 cm³/mol. The van der Waals surface area contributed by atoms with Crippen LogP contribution >= 0.6 is 0 Å². The molecule has 2 aromatic rings. The molecule has 124 valence electrons. The summed E-state index contributed by atoms with van der Waals surface area (Å²) in [6.45, 7) is 0.219. The van der Waals surface area contributed by atoms with E-state index in [0.29, 0.717) is 24.0 Å². The predicted octanol–water partition coefficient (Wildman–Crippen LogP) is 0.723. The van der Waals surface area contributed by atoms with Crippen LogP contribution in [-0.2, 0) is 25.0 Å². The molecule has 1 saturated carbocycles. The number of amides is 1. The van der Waals surface area contributed by atoms with Crippen molar-refractivity contribution in [3.8, 4) is 0 Å². The Labute approximate surface area is 133 Å². The number of ether oxygens (including phenoxy) is 1. The van der Waals surface area contributed by atoms with Gasteiger partial charge in [-0.25, -0.2) is 0 Å². The number of aliphatic hydroxyl groups is 1. The van der Waals surface area contributed by atoms with Crippen LogP contribution in [0.1, 0.15) is 46.7 Å². The first kappa shape index (κ1) is 15.7. The maximum Gasteiger partial charge on any atom is 0.287 e. The zero-order valence-electron chi connectivity index (χ0n) is 13.2. The Morgan fingerprint density at radius 3 is 2.91 bits per heavy atom. The molecule has 0 spiro atoms. The fourth-order valence-electron chi connectivity index (χ4n) is 2.79. The number of rotatable bonds is 6. The Hall–Kier alpha value is -2.19. The van der Waals surface area contributed by atoms with Crippen LogP contribution < -0.4 is 5.32 Å². The standard InChI is InChI=1S/C15H20N4O4/c1-19-13(7-20)17-18-14(19)9-5-10(6-9)16-15(21)12-4-3-11(23-12)8-22-2/h3-4,9-10,20H,5-8H2,1-2H3,(H,16,21). The Morgan fingerprint density at radius 2 is 2.26 bits per heavy atom. The molecule has 2 N–H and O–H groups in total. The second-order valence-electron chi connectivity index (χ2n) is 5.73. The highest BCUT2D eigenvalue weighted by Gasteiger charge is 2.35. The molecule has 23 heavy (non-hydrogen) atoms. The summed E-state index contributed by atoms with van der Waals surface area (Å²) in [5, 5.41) is 20.1. The van der Waals surface area contributed by atoms with Crippen molar-refractivity contribution in [2.24, 2.45) is 7.05 Å². The number of furan rings is 1. The van der Waals surface area contributed by atoms with E-state index in [-0.39, 0.29) is 24.5 Å². The molecule has 1 aliphatic carbocycles. The number of hydrogen-bond donors (Lipinski definition) is 2.